The molecule has 1 saturated carbocycles. The lowest BCUT2D eigenvalue weighted by Gasteiger charge is -2.28. The van der Waals surface area contributed by atoms with Crippen LogP contribution in [-0.2, 0) is 12.7 Å². The Kier molecular flexibility index (Phi) is 5.03. The molecule has 1 aromatic carbocycles. The van der Waals surface area contributed by atoms with Crippen molar-refractivity contribution in [3.8, 4) is 0 Å². The summed E-state index contributed by atoms with van der Waals surface area (Å²) in [5, 5.41) is 8.57. The first-order chi connectivity index (χ1) is 13.8. The molecular weight excluding hydrogens is 385 g/mol. The number of anilines is 3. The van der Waals surface area contributed by atoms with Crippen LogP contribution in [0.2, 0.25) is 0 Å². The van der Waals surface area contributed by atoms with E-state index >= 15 is 0 Å². The number of halogens is 3. The van der Waals surface area contributed by atoms with Gasteiger partial charge in [-0.15, -0.1) is 0 Å². The van der Waals surface area contributed by atoms with Gasteiger partial charge in [-0.3, -0.25) is 4.79 Å². The molecule has 1 aliphatic heterocycles. The molecule has 0 bridgehead atoms. The fourth-order valence-corrected chi connectivity index (χ4v) is 3.66. The predicted octanol–water partition coefficient (Wildman–Crippen LogP) is 3.16. The van der Waals surface area contributed by atoms with E-state index in [0.29, 0.717) is 30.6 Å². The number of alkyl halides is 3. The maximum absolute atomic E-state index is 13.4. The van der Waals surface area contributed by atoms with Gasteiger partial charge in [0.25, 0.3) is 5.91 Å². The molecule has 0 spiro atoms. The minimum absolute atomic E-state index is 0.0465. The molecule has 10 heteroatoms. The number of carbonyl (C=O) groups is 1. The highest BCUT2D eigenvalue weighted by Gasteiger charge is 2.36. The van der Waals surface area contributed by atoms with Crippen LogP contribution in [0.1, 0.15) is 47.2 Å². The Bertz CT molecular complexity index is 925. The molecule has 7 nitrogen and oxygen atoms in total. The molecule has 0 atom stereocenters. The molecule has 1 amide bonds. The van der Waals surface area contributed by atoms with E-state index in [4.69, 9.17) is 5.73 Å². The van der Waals surface area contributed by atoms with Gasteiger partial charge in [0, 0.05) is 36.1 Å². The van der Waals surface area contributed by atoms with Crippen molar-refractivity contribution in [1.29, 1.82) is 0 Å². The number of nitrogens with two attached hydrogens (primary N) is 1. The van der Waals surface area contributed by atoms with Gasteiger partial charge in [0.2, 0.25) is 5.95 Å². The first-order valence-corrected chi connectivity index (χ1v) is 9.44. The number of hydrogen-bond donors (Lipinski definition) is 4. The molecule has 29 heavy (non-hydrogen) atoms. The topological polar surface area (TPSA) is 105 Å². The number of nitrogens with one attached hydrogen (secondary N) is 3. The lowest BCUT2D eigenvalue weighted by Crippen LogP contribution is -2.33. The molecule has 0 unspecified atom stereocenters. The number of hydrogen-bond acceptors (Lipinski definition) is 6. The van der Waals surface area contributed by atoms with Crippen LogP contribution in [0, 0.1) is 0 Å². The van der Waals surface area contributed by atoms with E-state index < -0.39 is 11.7 Å². The number of carbonyl (C=O) groups excluding carboxylic acids is 1. The van der Waals surface area contributed by atoms with Gasteiger partial charge in [0.1, 0.15) is 11.4 Å². The Labute approximate surface area is 165 Å². The van der Waals surface area contributed by atoms with Gasteiger partial charge in [-0.2, -0.15) is 18.2 Å². The summed E-state index contributed by atoms with van der Waals surface area (Å²) >= 11 is 0. The molecular formula is C19H21F3N6O. The second-order valence-electron chi connectivity index (χ2n) is 7.39. The molecule has 2 aromatic rings. The molecule has 0 radical (unpaired) electrons. The summed E-state index contributed by atoms with van der Waals surface area (Å²) in [7, 11) is 0. The average molecular weight is 406 g/mol. The van der Waals surface area contributed by atoms with E-state index in [1.165, 1.54) is 0 Å². The minimum atomic E-state index is -4.56. The highest BCUT2D eigenvalue weighted by atomic mass is 19.4. The van der Waals surface area contributed by atoms with E-state index in [2.05, 4.69) is 25.9 Å². The third kappa shape index (κ3) is 4.26. The molecule has 4 rings (SSSR count). The summed E-state index contributed by atoms with van der Waals surface area (Å²) in [6, 6.07) is 5.06. The summed E-state index contributed by atoms with van der Waals surface area (Å²) in [4.78, 5) is 19.6. The van der Waals surface area contributed by atoms with E-state index in [-0.39, 0.29) is 29.8 Å². The summed E-state index contributed by atoms with van der Waals surface area (Å²) in [5.41, 5.74) is 6.96. The van der Waals surface area contributed by atoms with Crippen molar-refractivity contribution in [2.24, 2.45) is 5.73 Å². The van der Waals surface area contributed by atoms with Crippen molar-refractivity contribution < 1.29 is 18.0 Å². The van der Waals surface area contributed by atoms with Crippen LogP contribution in [0.5, 0.6) is 0 Å². The Morgan fingerprint density at radius 1 is 1.17 bits per heavy atom. The van der Waals surface area contributed by atoms with Crippen LogP contribution in [-0.4, -0.2) is 28.0 Å². The van der Waals surface area contributed by atoms with Crippen molar-refractivity contribution in [1.82, 2.24) is 15.3 Å². The number of fused-ring (bicyclic) bond motifs is 1. The summed E-state index contributed by atoms with van der Waals surface area (Å²) in [6.45, 7) is 0.411. The molecule has 1 aliphatic carbocycles. The first kappa shape index (κ1) is 19.4. The maximum Gasteiger partial charge on any atom is 0.421 e. The third-order valence-electron chi connectivity index (χ3n) is 5.25. The third-order valence-corrected chi connectivity index (χ3v) is 5.25. The number of aromatic nitrogens is 2. The normalized spacial score (nSPS) is 21.4. The molecule has 0 saturated heterocycles. The van der Waals surface area contributed by atoms with E-state index in [1.54, 1.807) is 18.2 Å². The summed E-state index contributed by atoms with van der Waals surface area (Å²) in [6.07, 6.45) is -0.876. The van der Waals surface area contributed by atoms with Gasteiger partial charge in [0.15, 0.2) is 0 Å². The van der Waals surface area contributed by atoms with Gasteiger partial charge in [-0.05, 0) is 49.4 Å². The summed E-state index contributed by atoms with van der Waals surface area (Å²) < 4.78 is 40.2. The monoisotopic (exact) mass is 406 g/mol. The Morgan fingerprint density at radius 2 is 1.93 bits per heavy atom. The van der Waals surface area contributed by atoms with E-state index in [1.807, 2.05) is 0 Å². The second kappa shape index (κ2) is 7.51. The molecule has 5 N–H and O–H groups in total. The first-order valence-electron chi connectivity index (χ1n) is 9.44. The standard InChI is InChI=1S/C19H21F3N6O/c20-19(21,22)15-9-25-18(28-16(15)26-12-3-1-11(23)2-4-12)27-13-5-6-14-10(7-13)8-24-17(14)29/h5-7,9,11-12H,1-4,8,23H2,(H,24,29)(H2,25,26,27,28)/t11-,12+. The lowest BCUT2D eigenvalue weighted by atomic mass is 9.92. The summed E-state index contributed by atoms with van der Waals surface area (Å²) in [5.74, 6) is -0.338. The lowest BCUT2D eigenvalue weighted by molar-refractivity contribution is -0.137. The largest absolute Gasteiger partial charge is 0.421 e. The van der Waals surface area contributed by atoms with Crippen LogP contribution >= 0.6 is 0 Å². The molecule has 2 heterocycles. The van der Waals surface area contributed by atoms with Crippen molar-refractivity contribution in [3.63, 3.8) is 0 Å². The van der Waals surface area contributed by atoms with E-state index in [9.17, 15) is 18.0 Å². The van der Waals surface area contributed by atoms with Crippen molar-refractivity contribution in [2.45, 2.75) is 50.5 Å². The average Bonchev–Trinajstić information content (AvgIpc) is 3.03. The Balaban J connectivity index is 1.57. The fraction of sp³-hybridized carbons (Fsp3) is 0.421. The molecule has 1 fully saturated rings. The molecule has 1 aromatic heterocycles. The Hall–Kier alpha value is -2.88. The zero-order valence-corrected chi connectivity index (χ0v) is 15.5. The van der Waals surface area contributed by atoms with Gasteiger partial charge < -0.3 is 21.7 Å². The zero-order valence-electron chi connectivity index (χ0n) is 15.5. The SMILES string of the molecule is N[C@H]1CC[C@@H](Nc2nc(Nc3ccc4c(c3)CNC4=O)ncc2C(F)(F)F)CC1. The number of rotatable bonds is 4. The van der Waals surface area contributed by atoms with Crippen LogP contribution in [0.15, 0.2) is 24.4 Å². The number of amides is 1. The van der Waals surface area contributed by atoms with Crippen LogP contribution in [0.4, 0.5) is 30.6 Å². The van der Waals surface area contributed by atoms with Crippen molar-refractivity contribution in [2.75, 3.05) is 10.6 Å². The van der Waals surface area contributed by atoms with Crippen LogP contribution < -0.4 is 21.7 Å². The zero-order chi connectivity index (χ0) is 20.6. The quantitative estimate of drug-likeness (QED) is 0.622. The number of benzene rings is 1. The van der Waals surface area contributed by atoms with Gasteiger partial charge in [-0.25, -0.2) is 4.98 Å². The van der Waals surface area contributed by atoms with Crippen molar-refractivity contribution >= 4 is 23.4 Å². The maximum atomic E-state index is 13.4. The second-order valence-corrected chi connectivity index (χ2v) is 7.39. The van der Waals surface area contributed by atoms with Crippen LogP contribution in [0.3, 0.4) is 0 Å². The molecule has 154 valence electrons. The highest BCUT2D eigenvalue weighted by molar-refractivity contribution is 5.98. The van der Waals surface area contributed by atoms with Gasteiger partial charge in [0.05, 0.1) is 0 Å². The minimum Gasteiger partial charge on any atom is -0.367 e. The Morgan fingerprint density at radius 3 is 2.66 bits per heavy atom. The highest BCUT2D eigenvalue weighted by Crippen LogP contribution is 2.35. The van der Waals surface area contributed by atoms with E-state index in [0.717, 1.165) is 24.6 Å². The smallest absolute Gasteiger partial charge is 0.367 e. The predicted molar refractivity (Wildman–Crippen MR) is 102 cm³/mol. The van der Waals surface area contributed by atoms with Crippen molar-refractivity contribution in [3.05, 3.63) is 41.1 Å². The number of nitrogens with zero attached hydrogens (tertiary/aromatic N) is 2. The van der Waals surface area contributed by atoms with Crippen LogP contribution in [0.25, 0.3) is 0 Å². The van der Waals surface area contributed by atoms with Gasteiger partial charge >= 0.3 is 6.18 Å². The fourth-order valence-electron chi connectivity index (χ4n) is 3.66. The van der Waals surface area contributed by atoms with Gasteiger partial charge in [-0.1, -0.05) is 0 Å². The molecule has 2 aliphatic rings.